The highest BCUT2D eigenvalue weighted by Gasteiger charge is 2.46. The van der Waals surface area contributed by atoms with Gasteiger partial charge in [-0.25, -0.2) is 0 Å². The Balaban J connectivity index is 1.16. The van der Waals surface area contributed by atoms with Crippen LogP contribution >= 0.6 is 0 Å². The molecule has 1 aliphatic carbocycles. The molecule has 11 aromatic rings. The summed E-state index contributed by atoms with van der Waals surface area (Å²) in [7, 11) is 0. The number of fused-ring (bicyclic) bond motifs is 6. The van der Waals surface area contributed by atoms with Crippen molar-refractivity contribution in [3.8, 4) is 39.1 Å². The standard InChI is InChI=1S/C61H42N2/c1-6-21-43(22-7-1)50-31-17-19-35-57(50)62(48-37-39-53-52-32-16-18-34-55(52)61(56(53)41-48,45-25-10-3-11-26-45)46-27-12-4-13-28-46)49-38-40-54-59(42-49)63(47-29-14-5-15-30-47)58-36-20-33-51(60(54)58)44-23-8-2-9-24-44/h1-42H. The van der Waals surface area contributed by atoms with Crippen LogP contribution in [-0.4, -0.2) is 4.57 Å². The monoisotopic (exact) mass is 802 g/mol. The van der Waals surface area contributed by atoms with Crippen molar-refractivity contribution in [3.05, 3.63) is 277 Å². The van der Waals surface area contributed by atoms with Crippen molar-refractivity contribution in [3.63, 3.8) is 0 Å². The largest absolute Gasteiger partial charge is 0.310 e. The van der Waals surface area contributed by atoms with Crippen LogP contribution in [0.4, 0.5) is 17.1 Å². The molecule has 0 fully saturated rings. The molecule has 12 rings (SSSR count). The van der Waals surface area contributed by atoms with E-state index in [0.717, 1.165) is 33.8 Å². The van der Waals surface area contributed by atoms with Gasteiger partial charge in [-0.1, -0.05) is 206 Å². The first-order chi connectivity index (χ1) is 31.3. The third-order valence-corrected chi connectivity index (χ3v) is 13.1. The van der Waals surface area contributed by atoms with Crippen molar-refractivity contribution in [2.75, 3.05) is 4.90 Å². The molecular formula is C61H42N2. The van der Waals surface area contributed by atoms with E-state index in [4.69, 9.17) is 0 Å². The van der Waals surface area contributed by atoms with Crippen molar-refractivity contribution in [1.82, 2.24) is 4.57 Å². The summed E-state index contributed by atoms with van der Waals surface area (Å²) in [5.41, 5.74) is 18.5. The lowest BCUT2D eigenvalue weighted by Crippen LogP contribution is -2.28. The summed E-state index contributed by atoms with van der Waals surface area (Å²) in [5, 5.41) is 2.46. The second-order valence-corrected chi connectivity index (χ2v) is 16.4. The minimum atomic E-state index is -0.535. The molecule has 1 heterocycles. The zero-order valence-corrected chi connectivity index (χ0v) is 34.6. The first-order valence-electron chi connectivity index (χ1n) is 21.8. The minimum absolute atomic E-state index is 0.535. The van der Waals surface area contributed by atoms with Gasteiger partial charge in [0, 0.05) is 33.4 Å². The smallest absolute Gasteiger partial charge is 0.0714 e. The molecule has 0 amide bonds. The predicted molar refractivity (Wildman–Crippen MR) is 264 cm³/mol. The van der Waals surface area contributed by atoms with Gasteiger partial charge >= 0.3 is 0 Å². The molecule has 63 heavy (non-hydrogen) atoms. The van der Waals surface area contributed by atoms with Gasteiger partial charge in [0.25, 0.3) is 0 Å². The molecule has 1 aromatic heterocycles. The van der Waals surface area contributed by atoms with Gasteiger partial charge < -0.3 is 9.47 Å². The lowest BCUT2D eigenvalue weighted by atomic mass is 9.67. The van der Waals surface area contributed by atoms with E-state index < -0.39 is 5.41 Å². The Morgan fingerprint density at radius 1 is 0.333 bits per heavy atom. The number of benzene rings is 10. The maximum Gasteiger partial charge on any atom is 0.0714 e. The van der Waals surface area contributed by atoms with Gasteiger partial charge in [0.05, 0.1) is 22.1 Å². The van der Waals surface area contributed by atoms with E-state index in [1.54, 1.807) is 0 Å². The molecule has 0 atom stereocenters. The van der Waals surface area contributed by atoms with Crippen LogP contribution in [-0.2, 0) is 5.41 Å². The van der Waals surface area contributed by atoms with Crippen molar-refractivity contribution in [2.24, 2.45) is 0 Å². The van der Waals surface area contributed by atoms with Crippen molar-refractivity contribution >= 4 is 38.9 Å². The van der Waals surface area contributed by atoms with Crippen molar-refractivity contribution in [2.45, 2.75) is 5.41 Å². The second kappa shape index (κ2) is 15.1. The van der Waals surface area contributed by atoms with Crippen molar-refractivity contribution < 1.29 is 0 Å². The molecule has 0 spiro atoms. The zero-order valence-electron chi connectivity index (χ0n) is 34.6. The summed E-state index contributed by atoms with van der Waals surface area (Å²) in [5.74, 6) is 0. The number of hydrogen-bond donors (Lipinski definition) is 0. The highest BCUT2D eigenvalue weighted by atomic mass is 15.1. The summed E-state index contributed by atoms with van der Waals surface area (Å²) < 4.78 is 2.44. The molecule has 296 valence electrons. The Morgan fingerprint density at radius 3 is 1.52 bits per heavy atom. The van der Waals surface area contributed by atoms with Crippen LogP contribution in [0.2, 0.25) is 0 Å². The van der Waals surface area contributed by atoms with E-state index in [1.807, 2.05) is 0 Å². The van der Waals surface area contributed by atoms with Crippen LogP contribution in [0.1, 0.15) is 22.3 Å². The fraction of sp³-hybridized carbons (Fsp3) is 0.0164. The lowest BCUT2D eigenvalue weighted by Gasteiger charge is -2.35. The molecule has 0 bridgehead atoms. The summed E-state index contributed by atoms with van der Waals surface area (Å²) in [6.07, 6.45) is 0. The van der Waals surface area contributed by atoms with E-state index in [-0.39, 0.29) is 0 Å². The highest BCUT2D eigenvalue weighted by molar-refractivity contribution is 6.16. The molecular weight excluding hydrogens is 761 g/mol. The average molecular weight is 803 g/mol. The first kappa shape index (κ1) is 36.6. The van der Waals surface area contributed by atoms with Gasteiger partial charge in [0.15, 0.2) is 0 Å². The van der Waals surface area contributed by atoms with Crippen molar-refractivity contribution in [1.29, 1.82) is 0 Å². The van der Waals surface area contributed by atoms with E-state index in [1.165, 1.54) is 66.4 Å². The molecule has 0 radical (unpaired) electrons. The molecule has 2 heteroatoms. The molecule has 2 nitrogen and oxygen atoms in total. The zero-order chi connectivity index (χ0) is 41.7. The number of para-hydroxylation sites is 2. The quantitative estimate of drug-likeness (QED) is 0.149. The van der Waals surface area contributed by atoms with E-state index in [0.29, 0.717) is 0 Å². The fourth-order valence-corrected chi connectivity index (χ4v) is 10.4. The summed E-state index contributed by atoms with van der Waals surface area (Å²) in [4.78, 5) is 2.48. The first-order valence-corrected chi connectivity index (χ1v) is 21.8. The minimum Gasteiger partial charge on any atom is -0.310 e. The Bertz CT molecular complexity index is 3390. The summed E-state index contributed by atoms with van der Waals surface area (Å²) in [6.45, 7) is 0. The normalized spacial score (nSPS) is 12.6. The van der Waals surface area contributed by atoms with Crippen LogP contribution in [0.5, 0.6) is 0 Å². The van der Waals surface area contributed by atoms with E-state index >= 15 is 0 Å². The number of aromatic nitrogens is 1. The summed E-state index contributed by atoms with van der Waals surface area (Å²) in [6, 6.07) is 93.3. The van der Waals surface area contributed by atoms with E-state index in [9.17, 15) is 0 Å². The number of rotatable bonds is 8. The van der Waals surface area contributed by atoms with Crippen LogP contribution in [0.25, 0.3) is 60.9 Å². The fourth-order valence-electron chi connectivity index (χ4n) is 10.4. The van der Waals surface area contributed by atoms with Crippen LogP contribution in [0.3, 0.4) is 0 Å². The number of anilines is 3. The van der Waals surface area contributed by atoms with Crippen LogP contribution in [0.15, 0.2) is 255 Å². The summed E-state index contributed by atoms with van der Waals surface area (Å²) >= 11 is 0. The maximum absolute atomic E-state index is 2.48. The van der Waals surface area contributed by atoms with Gasteiger partial charge in [-0.3, -0.25) is 0 Å². The van der Waals surface area contributed by atoms with Crippen LogP contribution < -0.4 is 4.90 Å². The third-order valence-electron chi connectivity index (χ3n) is 13.1. The van der Waals surface area contributed by atoms with Gasteiger partial charge in [-0.2, -0.15) is 0 Å². The van der Waals surface area contributed by atoms with Gasteiger partial charge in [0.1, 0.15) is 0 Å². The van der Waals surface area contributed by atoms with E-state index in [2.05, 4.69) is 264 Å². The predicted octanol–water partition coefficient (Wildman–Crippen LogP) is 16.0. The van der Waals surface area contributed by atoms with Gasteiger partial charge in [-0.05, 0) is 98.6 Å². The lowest BCUT2D eigenvalue weighted by molar-refractivity contribution is 0.768. The van der Waals surface area contributed by atoms with Gasteiger partial charge in [-0.15, -0.1) is 0 Å². The Morgan fingerprint density at radius 2 is 0.841 bits per heavy atom. The Hall–Kier alpha value is -8.20. The molecule has 10 aromatic carbocycles. The van der Waals surface area contributed by atoms with Gasteiger partial charge in [0.2, 0.25) is 0 Å². The maximum atomic E-state index is 2.48. The number of hydrogen-bond acceptors (Lipinski definition) is 1. The molecule has 0 unspecified atom stereocenters. The molecule has 0 saturated heterocycles. The topological polar surface area (TPSA) is 8.17 Å². The highest BCUT2D eigenvalue weighted by Crippen LogP contribution is 2.57. The number of nitrogens with zero attached hydrogens (tertiary/aromatic N) is 2. The average Bonchev–Trinajstić information content (AvgIpc) is 3.86. The molecule has 0 aliphatic heterocycles. The second-order valence-electron chi connectivity index (χ2n) is 16.4. The Kier molecular flexibility index (Phi) is 8.76. The molecule has 1 aliphatic rings. The SMILES string of the molecule is c1ccc(-c2ccccc2N(c2ccc3c(c2)C(c2ccccc2)(c2ccccc2)c2ccccc2-3)c2ccc3c4c(-c5ccccc5)cccc4n(-c4ccccc4)c3c2)cc1. The molecule has 0 N–H and O–H groups in total. The van der Waals surface area contributed by atoms with Crippen LogP contribution in [0, 0.1) is 0 Å². The Labute approximate surface area is 368 Å². The third kappa shape index (κ3) is 5.80. The molecule has 0 saturated carbocycles.